The first-order valence-electron chi connectivity index (χ1n) is 5.36. The minimum absolute atomic E-state index is 0.249. The Morgan fingerprint density at radius 2 is 2.19 bits per heavy atom. The van der Waals surface area contributed by atoms with Crippen LogP contribution in [0.3, 0.4) is 0 Å². The largest absolute Gasteiger partial charge is 0.309 e. The van der Waals surface area contributed by atoms with Crippen LogP contribution in [0.1, 0.15) is 27.7 Å². The Bertz CT molecular complexity index is 476. The zero-order valence-electron chi connectivity index (χ0n) is 9.82. The molecule has 16 heavy (non-hydrogen) atoms. The van der Waals surface area contributed by atoms with Crippen LogP contribution in [0.4, 0.5) is 0 Å². The standard InChI is InChI=1S/C13H16N2S/c1-9-7-11(8-16-9)13(14-3)12-5-4-6-15-10(12)2/h4-8,13-14H,1-3H3. The summed E-state index contributed by atoms with van der Waals surface area (Å²) in [6, 6.07) is 6.61. The molecular weight excluding hydrogens is 216 g/mol. The van der Waals surface area contributed by atoms with Gasteiger partial charge < -0.3 is 5.32 Å². The third kappa shape index (κ3) is 2.15. The highest BCUT2D eigenvalue weighted by Crippen LogP contribution is 2.27. The Hall–Kier alpha value is -1.19. The van der Waals surface area contributed by atoms with Crippen molar-refractivity contribution in [3.05, 3.63) is 51.5 Å². The molecule has 2 rings (SSSR count). The van der Waals surface area contributed by atoms with Crippen LogP contribution in [0, 0.1) is 13.8 Å². The minimum Gasteiger partial charge on any atom is -0.309 e. The van der Waals surface area contributed by atoms with E-state index in [9.17, 15) is 0 Å². The van der Waals surface area contributed by atoms with Crippen LogP contribution in [0.25, 0.3) is 0 Å². The van der Waals surface area contributed by atoms with Crippen LogP contribution in [0.5, 0.6) is 0 Å². The molecule has 1 N–H and O–H groups in total. The molecule has 0 radical (unpaired) electrons. The van der Waals surface area contributed by atoms with Crippen molar-refractivity contribution in [2.75, 3.05) is 7.05 Å². The number of hydrogen-bond donors (Lipinski definition) is 1. The highest BCUT2D eigenvalue weighted by atomic mass is 32.1. The van der Waals surface area contributed by atoms with Crippen molar-refractivity contribution < 1.29 is 0 Å². The van der Waals surface area contributed by atoms with Gasteiger partial charge in [0.15, 0.2) is 0 Å². The van der Waals surface area contributed by atoms with Crippen LogP contribution in [-0.2, 0) is 0 Å². The Morgan fingerprint density at radius 3 is 2.75 bits per heavy atom. The fraction of sp³-hybridized carbons (Fsp3) is 0.308. The molecule has 1 atom stereocenters. The molecule has 2 aromatic rings. The van der Waals surface area contributed by atoms with Crippen molar-refractivity contribution in [1.82, 2.24) is 10.3 Å². The topological polar surface area (TPSA) is 24.9 Å². The number of rotatable bonds is 3. The van der Waals surface area contributed by atoms with Gasteiger partial charge in [-0.1, -0.05) is 6.07 Å². The van der Waals surface area contributed by atoms with Crippen molar-refractivity contribution in [3.8, 4) is 0 Å². The summed E-state index contributed by atoms with van der Waals surface area (Å²) in [4.78, 5) is 5.69. The molecule has 2 aromatic heterocycles. The van der Waals surface area contributed by atoms with Gasteiger partial charge in [0.2, 0.25) is 0 Å². The average molecular weight is 232 g/mol. The molecule has 0 amide bonds. The summed E-state index contributed by atoms with van der Waals surface area (Å²) in [5.74, 6) is 0. The van der Waals surface area contributed by atoms with Crippen molar-refractivity contribution in [2.24, 2.45) is 0 Å². The van der Waals surface area contributed by atoms with E-state index in [0.717, 1.165) is 5.69 Å². The molecule has 84 valence electrons. The van der Waals surface area contributed by atoms with Crippen LogP contribution in [0.15, 0.2) is 29.8 Å². The smallest absolute Gasteiger partial charge is 0.0600 e. The van der Waals surface area contributed by atoms with E-state index in [-0.39, 0.29) is 6.04 Å². The summed E-state index contributed by atoms with van der Waals surface area (Å²) < 4.78 is 0. The highest BCUT2D eigenvalue weighted by Gasteiger charge is 2.15. The zero-order chi connectivity index (χ0) is 11.5. The van der Waals surface area contributed by atoms with E-state index < -0.39 is 0 Å². The normalized spacial score (nSPS) is 12.7. The number of nitrogens with zero attached hydrogens (tertiary/aromatic N) is 1. The van der Waals surface area contributed by atoms with E-state index in [1.165, 1.54) is 16.0 Å². The average Bonchev–Trinajstić information content (AvgIpc) is 2.69. The lowest BCUT2D eigenvalue weighted by Gasteiger charge is -2.17. The van der Waals surface area contributed by atoms with Gasteiger partial charge in [0.1, 0.15) is 0 Å². The lowest BCUT2D eigenvalue weighted by Crippen LogP contribution is -2.18. The summed E-state index contributed by atoms with van der Waals surface area (Å²) in [5, 5.41) is 5.57. The predicted molar refractivity (Wildman–Crippen MR) is 68.9 cm³/mol. The molecule has 0 aliphatic rings. The fourth-order valence-corrected chi connectivity index (χ4v) is 2.65. The first kappa shape index (κ1) is 11.3. The molecule has 0 saturated heterocycles. The number of hydrogen-bond acceptors (Lipinski definition) is 3. The van der Waals surface area contributed by atoms with Gasteiger partial charge in [-0.2, -0.15) is 0 Å². The van der Waals surface area contributed by atoms with E-state index in [1.807, 2.05) is 19.3 Å². The maximum Gasteiger partial charge on any atom is 0.0600 e. The molecule has 0 saturated carbocycles. The molecule has 0 aliphatic heterocycles. The predicted octanol–water partition coefficient (Wildman–Crippen LogP) is 3.07. The van der Waals surface area contributed by atoms with Crippen molar-refractivity contribution in [2.45, 2.75) is 19.9 Å². The van der Waals surface area contributed by atoms with Crippen LogP contribution < -0.4 is 5.32 Å². The summed E-state index contributed by atoms with van der Waals surface area (Å²) in [5.41, 5.74) is 3.66. The van der Waals surface area contributed by atoms with Crippen molar-refractivity contribution >= 4 is 11.3 Å². The molecule has 0 aliphatic carbocycles. The molecule has 1 unspecified atom stereocenters. The van der Waals surface area contributed by atoms with Crippen LogP contribution in [-0.4, -0.2) is 12.0 Å². The van der Waals surface area contributed by atoms with Gasteiger partial charge >= 0.3 is 0 Å². The summed E-state index contributed by atoms with van der Waals surface area (Å²) in [6.45, 7) is 4.19. The second-order valence-corrected chi connectivity index (χ2v) is 5.01. The zero-order valence-corrected chi connectivity index (χ0v) is 10.6. The van der Waals surface area contributed by atoms with Crippen molar-refractivity contribution in [3.63, 3.8) is 0 Å². The van der Waals surface area contributed by atoms with Crippen LogP contribution >= 0.6 is 11.3 Å². The lowest BCUT2D eigenvalue weighted by molar-refractivity contribution is 0.685. The SMILES string of the molecule is CNC(c1csc(C)c1)c1cccnc1C. The minimum atomic E-state index is 0.249. The number of nitrogens with one attached hydrogen (secondary N) is 1. The summed E-state index contributed by atoms with van der Waals surface area (Å²) >= 11 is 1.79. The molecule has 0 aromatic carbocycles. The Labute approximate surface area is 100 Å². The van der Waals surface area contributed by atoms with E-state index in [4.69, 9.17) is 0 Å². The van der Waals surface area contributed by atoms with Gasteiger partial charge in [0, 0.05) is 16.8 Å². The molecule has 2 nitrogen and oxygen atoms in total. The molecular formula is C13H16N2S. The van der Waals surface area contributed by atoms with E-state index in [1.54, 1.807) is 11.3 Å². The molecule has 3 heteroatoms. The monoisotopic (exact) mass is 232 g/mol. The Morgan fingerprint density at radius 1 is 1.38 bits per heavy atom. The summed E-state index contributed by atoms with van der Waals surface area (Å²) in [7, 11) is 1.99. The van der Waals surface area contributed by atoms with Gasteiger partial charge in [0.25, 0.3) is 0 Å². The second-order valence-electron chi connectivity index (χ2n) is 3.89. The maximum atomic E-state index is 4.34. The van der Waals surface area contributed by atoms with Crippen molar-refractivity contribution in [1.29, 1.82) is 0 Å². The number of aromatic nitrogens is 1. The van der Waals surface area contributed by atoms with E-state index in [2.05, 4.69) is 41.7 Å². The second kappa shape index (κ2) is 4.76. The maximum absolute atomic E-state index is 4.34. The lowest BCUT2D eigenvalue weighted by atomic mass is 10.0. The Kier molecular flexibility index (Phi) is 3.36. The first-order valence-corrected chi connectivity index (χ1v) is 6.24. The fourth-order valence-electron chi connectivity index (χ4n) is 1.92. The van der Waals surface area contributed by atoms with E-state index >= 15 is 0 Å². The van der Waals surface area contributed by atoms with Gasteiger partial charge in [0.05, 0.1) is 6.04 Å². The van der Waals surface area contributed by atoms with E-state index in [0.29, 0.717) is 0 Å². The number of pyridine rings is 1. The first-order chi connectivity index (χ1) is 7.72. The number of aryl methyl sites for hydroxylation is 2. The third-order valence-corrected chi connectivity index (χ3v) is 3.61. The van der Waals surface area contributed by atoms with Crippen LogP contribution in [0.2, 0.25) is 0 Å². The van der Waals surface area contributed by atoms with Gasteiger partial charge in [-0.25, -0.2) is 0 Å². The molecule has 0 fully saturated rings. The van der Waals surface area contributed by atoms with Gasteiger partial charge in [-0.3, -0.25) is 4.98 Å². The van der Waals surface area contributed by atoms with Gasteiger partial charge in [-0.15, -0.1) is 11.3 Å². The quantitative estimate of drug-likeness (QED) is 0.879. The summed E-state index contributed by atoms with van der Waals surface area (Å²) in [6.07, 6.45) is 1.84. The number of thiophene rings is 1. The molecule has 2 heterocycles. The van der Waals surface area contributed by atoms with Gasteiger partial charge in [-0.05, 0) is 49.5 Å². The highest BCUT2D eigenvalue weighted by molar-refractivity contribution is 7.10. The molecule has 0 bridgehead atoms. The molecule has 0 spiro atoms. The third-order valence-electron chi connectivity index (χ3n) is 2.73. The Balaban J connectivity index is 2.40.